The van der Waals surface area contributed by atoms with Gasteiger partial charge in [0.25, 0.3) is 0 Å². The lowest BCUT2D eigenvalue weighted by Crippen LogP contribution is -1.89. The summed E-state index contributed by atoms with van der Waals surface area (Å²) in [5, 5.41) is 0. The summed E-state index contributed by atoms with van der Waals surface area (Å²) in [7, 11) is -3.11. The molecule has 0 radical (unpaired) electrons. The molecule has 1 aliphatic rings. The number of aryl methyl sites for hydroxylation is 2. The van der Waals surface area contributed by atoms with E-state index in [1.807, 2.05) is 45.0 Å². The molecule has 0 aliphatic carbocycles. The smallest absolute Gasteiger partial charge is 0.209 e. The molecule has 0 atom stereocenters. The van der Waals surface area contributed by atoms with Gasteiger partial charge in [0, 0.05) is 5.56 Å². The summed E-state index contributed by atoms with van der Waals surface area (Å²) in [4.78, 5) is 1.01. The molecule has 0 unspecified atom stereocenters. The summed E-state index contributed by atoms with van der Waals surface area (Å²) in [5.41, 5.74) is 5.27. The highest BCUT2D eigenvalue weighted by Gasteiger charge is 2.42. The molecule has 0 spiro atoms. The zero-order valence-corrected chi connectivity index (χ0v) is 11.4. The Labute approximate surface area is 107 Å². The van der Waals surface area contributed by atoms with Crippen LogP contribution in [0.2, 0.25) is 0 Å². The van der Waals surface area contributed by atoms with Gasteiger partial charge in [0.2, 0.25) is 9.84 Å². The molecule has 2 nitrogen and oxygen atoms in total. The lowest BCUT2D eigenvalue weighted by molar-refractivity contribution is 0.612. The van der Waals surface area contributed by atoms with Gasteiger partial charge in [0.15, 0.2) is 0 Å². The maximum absolute atomic E-state index is 11.9. The highest BCUT2D eigenvalue weighted by molar-refractivity contribution is 7.97. The van der Waals surface area contributed by atoms with Gasteiger partial charge in [-0.25, -0.2) is 8.42 Å². The second kappa shape index (κ2) is 3.45. The molecule has 0 aromatic heterocycles. The van der Waals surface area contributed by atoms with Crippen molar-refractivity contribution in [3.63, 3.8) is 0 Å². The van der Waals surface area contributed by atoms with Crippen molar-refractivity contribution in [1.82, 2.24) is 0 Å². The molecular formula is C15H14O2S. The number of fused-ring (bicyclic) bond motifs is 1. The van der Waals surface area contributed by atoms with E-state index in [2.05, 4.69) is 0 Å². The summed E-state index contributed by atoms with van der Waals surface area (Å²) in [6, 6.07) is 9.61. The molecular weight excluding hydrogens is 244 g/mol. The van der Waals surface area contributed by atoms with Gasteiger partial charge in [-0.3, -0.25) is 0 Å². The normalized spacial score (nSPS) is 15.3. The van der Waals surface area contributed by atoms with Gasteiger partial charge in [0.1, 0.15) is 0 Å². The van der Waals surface area contributed by atoms with Crippen molar-refractivity contribution in [2.24, 2.45) is 0 Å². The summed E-state index contributed by atoms with van der Waals surface area (Å²) in [6.45, 7) is 6.05. The number of rotatable bonds is 1. The number of hydrogen-bond acceptors (Lipinski definition) is 2. The standard InChI is InChI=1S/C15H14O2S/c1-9-5-4-6-12(11(9)3)14-10(2)7-8-13-15(14)18(13,16)17/h4-8H,1-3H3. The van der Waals surface area contributed by atoms with E-state index < -0.39 is 9.84 Å². The molecule has 2 aromatic rings. The molecule has 1 heterocycles. The fourth-order valence-corrected chi connectivity index (χ4v) is 4.03. The molecule has 0 N–H and O–H groups in total. The number of sulfone groups is 1. The summed E-state index contributed by atoms with van der Waals surface area (Å²) < 4.78 is 23.7. The maximum atomic E-state index is 11.9. The van der Waals surface area contributed by atoms with Gasteiger partial charge in [-0.2, -0.15) is 0 Å². The first-order chi connectivity index (χ1) is 8.44. The Hall–Kier alpha value is -1.61. The van der Waals surface area contributed by atoms with Gasteiger partial charge in [0.05, 0.1) is 9.79 Å². The first-order valence-corrected chi connectivity index (χ1v) is 7.38. The second-order valence-corrected chi connectivity index (χ2v) is 6.69. The van der Waals surface area contributed by atoms with Crippen molar-refractivity contribution in [3.8, 4) is 11.1 Å². The SMILES string of the molecule is Cc1cccc(-c2c(C)ccc3c2S3(=O)=O)c1C. The van der Waals surface area contributed by atoms with Gasteiger partial charge < -0.3 is 0 Å². The molecule has 0 bridgehead atoms. The fraction of sp³-hybridized carbons (Fsp3) is 0.200. The van der Waals surface area contributed by atoms with Crippen LogP contribution in [-0.2, 0) is 9.84 Å². The minimum atomic E-state index is -3.11. The fourth-order valence-electron chi connectivity index (χ4n) is 2.45. The van der Waals surface area contributed by atoms with Crippen molar-refractivity contribution in [2.75, 3.05) is 0 Å². The van der Waals surface area contributed by atoms with E-state index in [1.54, 1.807) is 6.07 Å². The van der Waals surface area contributed by atoms with Crippen LogP contribution in [0.5, 0.6) is 0 Å². The molecule has 2 aromatic carbocycles. The lowest BCUT2D eigenvalue weighted by atomic mass is 9.94. The van der Waals surface area contributed by atoms with Crippen molar-refractivity contribution >= 4 is 9.84 Å². The van der Waals surface area contributed by atoms with Crippen molar-refractivity contribution < 1.29 is 8.42 Å². The largest absolute Gasteiger partial charge is 0.218 e. The van der Waals surface area contributed by atoms with E-state index in [4.69, 9.17) is 0 Å². The van der Waals surface area contributed by atoms with Gasteiger partial charge in [-0.15, -0.1) is 0 Å². The highest BCUT2D eigenvalue weighted by atomic mass is 32.2. The van der Waals surface area contributed by atoms with E-state index in [1.165, 1.54) is 5.56 Å². The average molecular weight is 258 g/mol. The Bertz CT molecular complexity index is 771. The molecule has 18 heavy (non-hydrogen) atoms. The van der Waals surface area contributed by atoms with Crippen LogP contribution >= 0.6 is 0 Å². The van der Waals surface area contributed by atoms with Crippen molar-refractivity contribution in [1.29, 1.82) is 0 Å². The highest BCUT2D eigenvalue weighted by Crippen LogP contribution is 2.49. The first-order valence-electron chi connectivity index (χ1n) is 5.90. The molecule has 0 fully saturated rings. The Kier molecular flexibility index (Phi) is 2.20. The third-order valence-corrected chi connectivity index (χ3v) is 5.40. The van der Waals surface area contributed by atoms with Gasteiger partial charge in [-0.1, -0.05) is 24.3 Å². The summed E-state index contributed by atoms with van der Waals surface area (Å²) >= 11 is 0. The van der Waals surface area contributed by atoms with E-state index >= 15 is 0 Å². The van der Waals surface area contributed by atoms with Crippen LogP contribution in [0.1, 0.15) is 16.7 Å². The van der Waals surface area contributed by atoms with Crippen molar-refractivity contribution in [2.45, 2.75) is 30.6 Å². The number of benzene rings is 2. The molecule has 1 aliphatic heterocycles. The Morgan fingerprint density at radius 3 is 2.33 bits per heavy atom. The molecule has 0 saturated carbocycles. The van der Waals surface area contributed by atoms with Crippen LogP contribution in [0.3, 0.4) is 0 Å². The Morgan fingerprint density at radius 2 is 1.61 bits per heavy atom. The van der Waals surface area contributed by atoms with Crippen LogP contribution in [0, 0.1) is 20.8 Å². The summed E-state index contributed by atoms with van der Waals surface area (Å²) in [5.74, 6) is 0. The lowest BCUT2D eigenvalue weighted by Gasteiger charge is -2.10. The molecule has 0 saturated heterocycles. The van der Waals surface area contributed by atoms with Crippen molar-refractivity contribution in [3.05, 3.63) is 47.0 Å². The number of hydrogen-bond donors (Lipinski definition) is 0. The zero-order valence-electron chi connectivity index (χ0n) is 10.6. The van der Waals surface area contributed by atoms with Crippen LogP contribution < -0.4 is 0 Å². The average Bonchev–Trinajstić information content (AvgIpc) is 2.86. The second-order valence-electron chi connectivity index (χ2n) is 4.84. The van der Waals surface area contributed by atoms with Gasteiger partial charge >= 0.3 is 0 Å². The van der Waals surface area contributed by atoms with Crippen LogP contribution in [0.4, 0.5) is 0 Å². The molecule has 3 rings (SSSR count). The Balaban J connectivity index is 2.37. The van der Waals surface area contributed by atoms with E-state index in [0.29, 0.717) is 9.79 Å². The minimum absolute atomic E-state index is 0.490. The van der Waals surface area contributed by atoms with Crippen LogP contribution in [0.25, 0.3) is 11.1 Å². The summed E-state index contributed by atoms with van der Waals surface area (Å²) in [6.07, 6.45) is 0. The van der Waals surface area contributed by atoms with Gasteiger partial charge in [-0.05, 0) is 49.1 Å². The molecule has 0 amide bonds. The van der Waals surface area contributed by atoms with E-state index in [9.17, 15) is 8.42 Å². The predicted octanol–water partition coefficient (Wildman–Crippen LogP) is 3.43. The first kappa shape index (κ1) is 11.5. The quantitative estimate of drug-likeness (QED) is 0.627. The maximum Gasteiger partial charge on any atom is 0.209 e. The third-order valence-electron chi connectivity index (χ3n) is 3.72. The Morgan fingerprint density at radius 1 is 0.889 bits per heavy atom. The van der Waals surface area contributed by atoms with Crippen LogP contribution in [0.15, 0.2) is 40.1 Å². The third kappa shape index (κ3) is 1.37. The van der Waals surface area contributed by atoms with E-state index in [-0.39, 0.29) is 0 Å². The van der Waals surface area contributed by atoms with Crippen LogP contribution in [-0.4, -0.2) is 8.42 Å². The molecule has 3 heteroatoms. The predicted molar refractivity (Wildman–Crippen MR) is 71.5 cm³/mol. The minimum Gasteiger partial charge on any atom is -0.218 e. The molecule has 92 valence electrons. The van der Waals surface area contributed by atoms with E-state index in [0.717, 1.165) is 22.3 Å². The zero-order chi connectivity index (χ0) is 13.1. The topological polar surface area (TPSA) is 34.1 Å². The monoisotopic (exact) mass is 258 g/mol.